The van der Waals surface area contributed by atoms with Crippen LogP contribution in [-0.4, -0.2) is 23.8 Å². The van der Waals surface area contributed by atoms with E-state index in [1.54, 1.807) is 6.07 Å². The minimum atomic E-state index is -0.914. The van der Waals surface area contributed by atoms with Crippen molar-refractivity contribution in [3.63, 3.8) is 0 Å². The lowest BCUT2D eigenvalue weighted by molar-refractivity contribution is -0.137. The van der Waals surface area contributed by atoms with E-state index in [9.17, 15) is 4.79 Å². The predicted molar refractivity (Wildman–Crippen MR) is 77.9 cm³/mol. The molecule has 1 aromatic rings. The monoisotopic (exact) mass is 292 g/mol. The predicted octanol–water partition coefficient (Wildman–Crippen LogP) is 2.43. The van der Waals surface area contributed by atoms with Gasteiger partial charge in [-0.1, -0.05) is 29.8 Å². The van der Waals surface area contributed by atoms with E-state index in [1.165, 1.54) is 0 Å². The lowest BCUT2D eigenvalue weighted by Crippen LogP contribution is -2.53. The third-order valence-corrected chi connectivity index (χ3v) is 4.31. The summed E-state index contributed by atoms with van der Waals surface area (Å²) < 4.78 is 5.65. The molecule has 2 bridgehead atoms. The van der Waals surface area contributed by atoms with E-state index in [1.807, 2.05) is 25.1 Å². The quantitative estimate of drug-likeness (QED) is 0.910. The summed E-state index contributed by atoms with van der Waals surface area (Å²) in [5, 5.41) is 0.566. The van der Waals surface area contributed by atoms with Gasteiger partial charge >= 0.3 is 0 Å². The third kappa shape index (κ3) is 1.95. The second-order valence-corrected chi connectivity index (χ2v) is 5.85. The Morgan fingerprint density at radius 3 is 2.95 bits per heavy atom. The van der Waals surface area contributed by atoms with Crippen molar-refractivity contribution in [1.29, 1.82) is 0 Å². The standard InChI is InChI=1S/C15H17ClN2O2/c1-9(17)14-18-15(10-5-2-3-6-11(10)16)8-4-7-12(20-14)13(15)19/h2-3,5-6,9,12H,4,7-8,17H2,1H3/t9-,12-,15-/m0/s1. The molecule has 2 aliphatic rings. The molecule has 0 spiro atoms. The number of halogens is 1. The maximum Gasteiger partial charge on any atom is 0.205 e. The van der Waals surface area contributed by atoms with Gasteiger partial charge < -0.3 is 10.5 Å². The molecule has 1 aromatic carbocycles. The first-order chi connectivity index (χ1) is 9.54. The van der Waals surface area contributed by atoms with Crippen molar-refractivity contribution < 1.29 is 9.53 Å². The molecule has 106 valence electrons. The molecule has 1 aliphatic carbocycles. The highest BCUT2D eigenvalue weighted by Gasteiger charge is 2.51. The van der Waals surface area contributed by atoms with Gasteiger partial charge in [-0.3, -0.25) is 4.79 Å². The van der Waals surface area contributed by atoms with E-state index < -0.39 is 11.6 Å². The molecule has 1 aliphatic heterocycles. The normalized spacial score (nSPS) is 30.4. The van der Waals surface area contributed by atoms with Crippen molar-refractivity contribution in [2.24, 2.45) is 10.7 Å². The highest BCUT2D eigenvalue weighted by atomic mass is 35.5. The van der Waals surface area contributed by atoms with Crippen LogP contribution >= 0.6 is 11.6 Å². The van der Waals surface area contributed by atoms with E-state index in [4.69, 9.17) is 22.1 Å². The molecular formula is C15H17ClN2O2. The first-order valence-electron chi connectivity index (χ1n) is 6.86. The lowest BCUT2D eigenvalue weighted by atomic mass is 9.74. The molecule has 0 unspecified atom stereocenters. The average Bonchev–Trinajstić information content (AvgIpc) is 2.39. The number of rotatable bonds is 2. The van der Waals surface area contributed by atoms with Gasteiger partial charge in [0.05, 0.1) is 6.04 Å². The van der Waals surface area contributed by atoms with E-state index in [2.05, 4.69) is 4.99 Å². The minimum Gasteiger partial charge on any atom is -0.468 e. The van der Waals surface area contributed by atoms with Gasteiger partial charge in [0.25, 0.3) is 0 Å². The molecule has 2 N–H and O–H groups in total. The van der Waals surface area contributed by atoms with Crippen LogP contribution in [-0.2, 0) is 15.1 Å². The fraction of sp³-hybridized carbons (Fsp3) is 0.467. The molecule has 4 nitrogen and oxygen atoms in total. The number of ketones is 1. The van der Waals surface area contributed by atoms with Gasteiger partial charge in [0, 0.05) is 10.6 Å². The molecule has 3 atom stereocenters. The van der Waals surface area contributed by atoms with Crippen LogP contribution in [0.2, 0.25) is 5.02 Å². The van der Waals surface area contributed by atoms with Crippen LogP contribution in [0, 0.1) is 0 Å². The highest BCUT2D eigenvalue weighted by molar-refractivity contribution is 6.32. The molecule has 1 heterocycles. The summed E-state index contributed by atoms with van der Waals surface area (Å²) in [6.07, 6.45) is 1.82. The van der Waals surface area contributed by atoms with Crippen molar-refractivity contribution >= 4 is 23.3 Å². The number of fused-ring (bicyclic) bond motifs is 2. The van der Waals surface area contributed by atoms with Crippen molar-refractivity contribution in [3.05, 3.63) is 34.9 Å². The van der Waals surface area contributed by atoms with Gasteiger partial charge in [0.1, 0.15) is 0 Å². The van der Waals surface area contributed by atoms with Crippen molar-refractivity contribution in [2.45, 2.75) is 43.9 Å². The summed E-state index contributed by atoms with van der Waals surface area (Å²) in [6, 6.07) is 7.06. The number of nitrogens with zero attached hydrogens (tertiary/aromatic N) is 1. The number of aliphatic imine (C=N–C) groups is 1. The summed E-state index contributed by atoms with van der Waals surface area (Å²) >= 11 is 6.30. The number of carbonyl (C=O) groups is 1. The van der Waals surface area contributed by atoms with Crippen LogP contribution in [0.25, 0.3) is 0 Å². The summed E-state index contributed by atoms with van der Waals surface area (Å²) in [7, 11) is 0. The Hall–Kier alpha value is -1.39. The smallest absolute Gasteiger partial charge is 0.205 e. The van der Waals surface area contributed by atoms with Gasteiger partial charge in [-0.25, -0.2) is 4.99 Å². The molecule has 1 saturated carbocycles. The molecule has 0 radical (unpaired) electrons. The van der Waals surface area contributed by atoms with Crippen LogP contribution in [0.1, 0.15) is 31.7 Å². The Balaban J connectivity index is 2.19. The molecule has 3 rings (SSSR count). The Bertz CT molecular complexity index is 585. The SMILES string of the molecule is C[C@H](N)C1=N[C@]2(c3ccccc3Cl)CCC[C@H](O1)C2=O. The minimum absolute atomic E-state index is 0.00116. The number of Topliss-reactive ketones (excluding diaryl/α,β-unsaturated/α-hetero) is 1. The lowest BCUT2D eigenvalue weighted by Gasteiger charge is -2.42. The number of benzene rings is 1. The summed E-state index contributed by atoms with van der Waals surface area (Å²) in [6.45, 7) is 1.81. The van der Waals surface area contributed by atoms with Crippen LogP contribution in [0.15, 0.2) is 29.3 Å². The summed E-state index contributed by atoms with van der Waals surface area (Å²) in [5.74, 6) is 0.454. The number of carbonyl (C=O) groups excluding carboxylic acids is 1. The van der Waals surface area contributed by atoms with Gasteiger partial charge in [0.15, 0.2) is 11.6 Å². The second-order valence-electron chi connectivity index (χ2n) is 5.44. The van der Waals surface area contributed by atoms with Crippen molar-refractivity contribution in [2.75, 3.05) is 0 Å². The number of hydrogen-bond acceptors (Lipinski definition) is 4. The van der Waals surface area contributed by atoms with Gasteiger partial charge in [-0.15, -0.1) is 0 Å². The largest absolute Gasteiger partial charge is 0.468 e. The van der Waals surface area contributed by atoms with E-state index >= 15 is 0 Å². The van der Waals surface area contributed by atoms with Gasteiger partial charge in [-0.2, -0.15) is 0 Å². The van der Waals surface area contributed by atoms with Crippen LogP contribution < -0.4 is 5.73 Å². The molecular weight excluding hydrogens is 276 g/mol. The Morgan fingerprint density at radius 1 is 1.50 bits per heavy atom. The summed E-state index contributed by atoms with van der Waals surface area (Å²) in [5.41, 5.74) is 5.74. The molecule has 0 amide bonds. The van der Waals surface area contributed by atoms with Gasteiger partial charge in [-0.05, 0) is 32.3 Å². The second kappa shape index (κ2) is 4.86. The summed E-state index contributed by atoms with van der Waals surface area (Å²) in [4.78, 5) is 17.3. The van der Waals surface area contributed by atoms with E-state index in [0.29, 0.717) is 17.3 Å². The molecule has 0 aromatic heterocycles. The zero-order valence-electron chi connectivity index (χ0n) is 11.3. The molecule has 5 heteroatoms. The van der Waals surface area contributed by atoms with Crippen molar-refractivity contribution in [3.8, 4) is 0 Å². The fourth-order valence-corrected chi connectivity index (χ4v) is 3.27. The topological polar surface area (TPSA) is 64.7 Å². The highest BCUT2D eigenvalue weighted by Crippen LogP contribution is 2.44. The third-order valence-electron chi connectivity index (χ3n) is 3.98. The van der Waals surface area contributed by atoms with Crippen LogP contribution in [0.5, 0.6) is 0 Å². The Labute approximate surface area is 123 Å². The van der Waals surface area contributed by atoms with E-state index in [-0.39, 0.29) is 11.8 Å². The van der Waals surface area contributed by atoms with Crippen LogP contribution in [0.3, 0.4) is 0 Å². The van der Waals surface area contributed by atoms with E-state index in [0.717, 1.165) is 18.4 Å². The van der Waals surface area contributed by atoms with Crippen molar-refractivity contribution in [1.82, 2.24) is 0 Å². The first kappa shape index (κ1) is 13.6. The maximum atomic E-state index is 12.7. The van der Waals surface area contributed by atoms with Crippen LogP contribution in [0.4, 0.5) is 0 Å². The average molecular weight is 293 g/mol. The first-order valence-corrected chi connectivity index (χ1v) is 7.24. The Morgan fingerprint density at radius 2 is 2.25 bits per heavy atom. The molecule has 20 heavy (non-hydrogen) atoms. The number of ether oxygens (including phenoxy) is 1. The Kier molecular flexibility index (Phi) is 3.30. The molecule has 0 saturated heterocycles. The zero-order valence-corrected chi connectivity index (χ0v) is 12.1. The fourth-order valence-electron chi connectivity index (χ4n) is 2.98. The van der Waals surface area contributed by atoms with Gasteiger partial charge in [0.2, 0.25) is 11.7 Å². The number of nitrogens with two attached hydrogens (primary N) is 1. The zero-order chi connectivity index (χ0) is 14.3. The maximum absolute atomic E-state index is 12.7. The molecule has 1 fully saturated rings. The number of hydrogen-bond donors (Lipinski definition) is 1.